The molecule has 1 aliphatic heterocycles. The number of nitrogens with one attached hydrogen (secondary N) is 2. The fourth-order valence-corrected chi connectivity index (χ4v) is 4.90. The molecule has 4 rings (SSSR count). The van der Waals surface area contributed by atoms with E-state index in [-0.39, 0.29) is 38.3 Å². The van der Waals surface area contributed by atoms with Crippen LogP contribution in [0.3, 0.4) is 0 Å². The maximum atomic E-state index is 14.1. The zero-order valence-corrected chi connectivity index (χ0v) is 25.6. The van der Waals surface area contributed by atoms with Gasteiger partial charge in [-0.05, 0) is 81.1 Å². The minimum atomic E-state index is -1.58. The van der Waals surface area contributed by atoms with Gasteiger partial charge >= 0.3 is 5.97 Å². The van der Waals surface area contributed by atoms with Gasteiger partial charge in [-0.15, -0.1) is 0 Å². The Morgan fingerprint density at radius 1 is 1.02 bits per heavy atom. The Morgan fingerprint density at radius 2 is 1.71 bits per heavy atom. The smallest absolute Gasteiger partial charge is 0.306 e. The van der Waals surface area contributed by atoms with Crippen molar-refractivity contribution < 1.29 is 37.7 Å². The molecule has 2 atom stereocenters. The summed E-state index contributed by atoms with van der Waals surface area (Å²) in [6, 6.07) is 19.4. The van der Waals surface area contributed by atoms with Crippen molar-refractivity contribution in [1.82, 2.24) is 10.9 Å². The average molecular weight is 624 g/mol. The molecule has 0 saturated heterocycles. The van der Waals surface area contributed by atoms with E-state index in [1.165, 1.54) is 12.1 Å². The molecule has 0 bridgehead atoms. The Kier molecular flexibility index (Phi) is 11.2. The second-order valence-electron chi connectivity index (χ2n) is 11.7. The molecule has 45 heavy (non-hydrogen) atoms. The fraction of sp³-hybridized carbons (Fsp3) is 0.382. The number of aliphatic hydroxyl groups excluding tert-OH is 1. The molecule has 3 aromatic carbocycles. The number of amides is 1. The Bertz CT molecular complexity index is 1460. The van der Waals surface area contributed by atoms with Gasteiger partial charge in [0.15, 0.2) is 11.6 Å². The number of aliphatic imine (C=N–C) groups is 1. The number of carbonyl (C=O) groups is 2. The third-order valence-corrected chi connectivity index (χ3v) is 6.93. The predicted molar refractivity (Wildman–Crippen MR) is 164 cm³/mol. The van der Waals surface area contributed by atoms with Crippen LogP contribution >= 0.6 is 0 Å². The van der Waals surface area contributed by atoms with Crippen molar-refractivity contribution >= 4 is 17.8 Å². The molecule has 0 radical (unpaired) electrons. The van der Waals surface area contributed by atoms with Crippen LogP contribution in [-0.2, 0) is 25.5 Å². The number of esters is 1. The molecule has 0 unspecified atom stereocenters. The number of ether oxygens (including phenoxy) is 3. The van der Waals surface area contributed by atoms with Gasteiger partial charge in [0.2, 0.25) is 5.90 Å². The lowest BCUT2D eigenvalue weighted by Crippen LogP contribution is -2.53. The maximum absolute atomic E-state index is 14.1. The highest BCUT2D eigenvalue weighted by Gasteiger charge is 2.53. The summed E-state index contributed by atoms with van der Waals surface area (Å²) in [5, 5.41) is 9.01. The van der Waals surface area contributed by atoms with Crippen molar-refractivity contribution in [3.63, 3.8) is 0 Å². The summed E-state index contributed by atoms with van der Waals surface area (Å²) in [6.45, 7) is 5.84. The topological polar surface area (TPSA) is 118 Å². The minimum absolute atomic E-state index is 0.0231. The van der Waals surface area contributed by atoms with Crippen LogP contribution in [0.15, 0.2) is 77.8 Å². The van der Waals surface area contributed by atoms with Crippen LogP contribution in [0.4, 0.5) is 8.78 Å². The average Bonchev–Trinajstić information content (AvgIpc) is 3.39. The number of halogens is 2. The van der Waals surface area contributed by atoms with Crippen LogP contribution in [-0.4, -0.2) is 53.8 Å². The van der Waals surface area contributed by atoms with Gasteiger partial charge in [0.1, 0.15) is 23.0 Å². The van der Waals surface area contributed by atoms with Crippen LogP contribution in [0.2, 0.25) is 0 Å². The second kappa shape index (κ2) is 15.1. The van der Waals surface area contributed by atoms with Gasteiger partial charge in [0, 0.05) is 37.6 Å². The first kappa shape index (κ1) is 33.5. The zero-order chi connectivity index (χ0) is 32.5. The first-order valence-electron chi connectivity index (χ1n) is 14.8. The first-order chi connectivity index (χ1) is 21.5. The van der Waals surface area contributed by atoms with Gasteiger partial charge in [-0.1, -0.05) is 30.3 Å². The molecule has 1 aliphatic rings. The van der Waals surface area contributed by atoms with Crippen LogP contribution < -0.4 is 15.6 Å². The molecule has 0 spiro atoms. The number of aliphatic hydroxyl groups is 1. The molecule has 11 heteroatoms. The number of benzene rings is 3. The van der Waals surface area contributed by atoms with E-state index >= 15 is 0 Å². The van der Waals surface area contributed by atoms with Gasteiger partial charge in [-0.25, -0.2) is 19.2 Å². The fourth-order valence-electron chi connectivity index (χ4n) is 4.90. The van der Waals surface area contributed by atoms with Crippen molar-refractivity contribution in [3.05, 3.63) is 101 Å². The third-order valence-electron chi connectivity index (χ3n) is 6.93. The summed E-state index contributed by atoms with van der Waals surface area (Å²) in [4.78, 5) is 31.8. The quantitative estimate of drug-likeness (QED) is 0.132. The van der Waals surface area contributed by atoms with Crippen molar-refractivity contribution in [2.45, 2.75) is 63.7 Å². The molecule has 0 aromatic heterocycles. The summed E-state index contributed by atoms with van der Waals surface area (Å²) >= 11 is 0. The van der Waals surface area contributed by atoms with E-state index in [0.717, 1.165) is 6.07 Å². The van der Waals surface area contributed by atoms with Crippen molar-refractivity contribution in [3.8, 4) is 5.75 Å². The van der Waals surface area contributed by atoms with E-state index in [2.05, 4.69) is 10.9 Å². The molecule has 1 amide bonds. The normalized spacial score (nSPS) is 17.7. The SMILES string of the molecule is CC(C)(C)OC(=O)CC[C@]1(C(=O)NNCCc2cc(F)cc(F)c2)N=C(c2ccc(OCCCO)cc2)O[C@H]1c1ccccc1. The molecule has 9 nitrogen and oxygen atoms in total. The van der Waals surface area contributed by atoms with E-state index in [4.69, 9.17) is 24.3 Å². The monoisotopic (exact) mass is 623 g/mol. The molecule has 0 fully saturated rings. The Labute approximate surface area is 261 Å². The number of carbonyl (C=O) groups excluding carboxylic acids is 2. The molecular weight excluding hydrogens is 584 g/mol. The largest absolute Gasteiger partial charge is 0.494 e. The van der Waals surface area contributed by atoms with Crippen molar-refractivity contribution in [1.29, 1.82) is 0 Å². The summed E-state index contributed by atoms with van der Waals surface area (Å²) in [5.41, 5.74) is 4.92. The van der Waals surface area contributed by atoms with Gasteiger partial charge < -0.3 is 19.3 Å². The highest BCUT2D eigenvalue weighted by atomic mass is 19.1. The molecule has 0 aliphatic carbocycles. The number of nitrogens with zero attached hydrogens (tertiary/aromatic N) is 1. The molecule has 3 N–H and O–H groups in total. The van der Waals surface area contributed by atoms with Crippen molar-refractivity contribution in [2.24, 2.45) is 4.99 Å². The molecule has 0 saturated carbocycles. The summed E-state index contributed by atoms with van der Waals surface area (Å²) < 4.78 is 44.8. The summed E-state index contributed by atoms with van der Waals surface area (Å²) in [5.74, 6) is -1.60. The first-order valence-corrected chi connectivity index (χ1v) is 14.8. The Balaban J connectivity index is 1.62. The van der Waals surface area contributed by atoms with E-state index in [0.29, 0.717) is 35.5 Å². The predicted octanol–water partition coefficient (Wildman–Crippen LogP) is 4.97. The van der Waals surface area contributed by atoms with Gasteiger partial charge in [0.05, 0.1) is 6.61 Å². The van der Waals surface area contributed by atoms with Crippen LogP contribution in [0.1, 0.15) is 62.8 Å². The lowest BCUT2D eigenvalue weighted by atomic mass is 9.83. The number of rotatable bonds is 14. The second-order valence-corrected chi connectivity index (χ2v) is 11.7. The third kappa shape index (κ3) is 9.32. The number of hydrazine groups is 1. The van der Waals surface area contributed by atoms with E-state index in [1.54, 1.807) is 45.0 Å². The minimum Gasteiger partial charge on any atom is -0.494 e. The van der Waals surface area contributed by atoms with Crippen molar-refractivity contribution in [2.75, 3.05) is 19.8 Å². The standard InChI is InChI=1S/C34H39F2N3O6/c1-33(2,3)45-29(41)14-16-34(32(42)39-37-17-15-23-20-26(35)22-27(36)21-23)30(24-8-5-4-6-9-24)44-31(38-34)25-10-12-28(13-11-25)43-19-7-18-40/h4-6,8-13,20-22,30,37,40H,7,14-19H2,1-3H3,(H,39,42)/t30-,34-/m0/s1. The summed E-state index contributed by atoms with van der Waals surface area (Å²) in [6.07, 6.45) is -0.307. The maximum Gasteiger partial charge on any atom is 0.306 e. The lowest BCUT2D eigenvalue weighted by molar-refractivity contribution is -0.155. The van der Waals surface area contributed by atoms with Gasteiger partial charge in [-0.2, -0.15) is 0 Å². The molecule has 1 heterocycles. The highest BCUT2D eigenvalue weighted by Crippen LogP contribution is 2.43. The van der Waals surface area contributed by atoms with E-state index in [9.17, 15) is 18.4 Å². The van der Waals surface area contributed by atoms with Gasteiger partial charge in [0.25, 0.3) is 5.91 Å². The van der Waals surface area contributed by atoms with E-state index in [1.807, 2.05) is 30.3 Å². The number of hydrogen-bond donors (Lipinski definition) is 3. The van der Waals surface area contributed by atoms with E-state index < -0.39 is 40.8 Å². The summed E-state index contributed by atoms with van der Waals surface area (Å²) in [7, 11) is 0. The van der Waals surface area contributed by atoms with Crippen LogP contribution in [0.5, 0.6) is 5.75 Å². The molecule has 240 valence electrons. The highest BCUT2D eigenvalue weighted by molar-refractivity contribution is 6.01. The lowest BCUT2D eigenvalue weighted by Gasteiger charge is -2.31. The Hall–Kier alpha value is -4.35. The van der Waals surface area contributed by atoms with Crippen LogP contribution in [0.25, 0.3) is 0 Å². The zero-order valence-electron chi connectivity index (χ0n) is 25.6. The molecule has 3 aromatic rings. The Morgan fingerprint density at radius 3 is 2.36 bits per heavy atom. The molecular formula is C34H39F2N3O6. The van der Waals surface area contributed by atoms with Gasteiger partial charge in [-0.3, -0.25) is 15.0 Å². The number of hydrogen-bond acceptors (Lipinski definition) is 8. The van der Waals surface area contributed by atoms with Crippen LogP contribution in [0, 0.1) is 11.6 Å².